The molecule has 118 valence electrons. The quantitative estimate of drug-likeness (QED) is 0.528. The van der Waals surface area contributed by atoms with Crippen molar-refractivity contribution in [3.8, 4) is 0 Å². The van der Waals surface area contributed by atoms with E-state index in [1.807, 2.05) is 0 Å². The molecule has 0 N–H and O–H groups in total. The summed E-state index contributed by atoms with van der Waals surface area (Å²) in [5.74, 6) is 0. The highest BCUT2D eigenvalue weighted by atomic mass is 31.2. The third-order valence-electron chi connectivity index (χ3n) is 2.90. The molecule has 0 saturated heterocycles. The van der Waals surface area contributed by atoms with Crippen molar-refractivity contribution >= 4 is 7.60 Å². The van der Waals surface area contributed by atoms with Crippen LogP contribution in [0.15, 0.2) is 36.3 Å². The second-order valence-electron chi connectivity index (χ2n) is 4.77. The number of nitrogens with zero attached hydrogens (tertiary/aromatic N) is 2. The van der Waals surface area contributed by atoms with Gasteiger partial charge in [0.1, 0.15) is 0 Å². The summed E-state index contributed by atoms with van der Waals surface area (Å²) in [6.07, 6.45) is 6.78. The van der Waals surface area contributed by atoms with Crippen molar-refractivity contribution < 1.29 is 18.4 Å². The van der Waals surface area contributed by atoms with Crippen molar-refractivity contribution in [3.63, 3.8) is 0 Å². The zero-order chi connectivity index (χ0) is 16.1. The summed E-state index contributed by atoms with van der Waals surface area (Å²) in [6.45, 7) is 6.72. The second kappa shape index (κ2) is 7.13. The predicted molar refractivity (Wildman–Crippen MR) is 80.1 cm³/mol. The highest BCUT2D eigenvalue weighted by Crippen LogP contribution is 2.60. The zero-order valence-corrected chi connectivity index (χ0v) is 13.6. The van der Waals surface area contributed by atoms with Crippen molar-refractivity contribution in [2.45, 2.75) is 33.0 Å². The molecule has 0 spiro atoms. The predicted octanol–water partition coefficient (Wildman–Crippen LogP) is 3.49. The minimum absolute atomic E-state index is 0.177. The molecule has 7 nitrogen and oxygen atoms in total. The van der Waals surface area contributed by atoms with Gasteiger partial charge in [-0.2, -0.15) is 0 Å². The van der Waals surface area contributed by atoms with Crippen molar-refractivity contribution in [3.05, 3.63) is 46.4 Å². The van der Waals surface area contributed by atoms with Crippen LogP contribution in [-0.2, 0) is 13.6 Å². The minimum Gasteiger partial charge on any atom is -0.755 e. The van der Waals surface area contributed by atoms with Crippen LogP contribution >= 0.6 is 7.60 Å². The van der Waals surface area contributed by atoms with E-state index in [0.29, 0.717) is 15.4 Å². The zero-order valence-electron chi connectivity index (χ0n) is 12.7. The van der Waals surface area contributed by atoms with Gasteiger partial charge in [0.05, 0.1) is 13.2 Å². The molecule has 0 unspecified atom stereocenters. The fourth-order valence-electron chi connectivity index (χ4n) is 1.62. The lowest BCUT2D eigenvalue weighted by Crippen LogP contribution is -2.33. The number of nitroso groups, excluding NO2 is 1. The van der Waals surface area contributed by atoms with Crippen LogP contribution in [-0.4, -0.2) is 28.3 Å². The van der Waals surface area contributed by atoms with Crippen molar-refractivity contribution in [2.24, 2.45) is 0 Å². The van der Waals surface area contributed by atoms with E-state index in [4.69, 9.17) is 9.05 Å². The standard InChI is InChI=1S/C13H21N2O5P/c1-5-19-21(18,20-6-2)13(3,4)15(17)11-12-7-9-14(16)10-8-12/h7-11H,5-6H2,1-4H3. The number of hydrogen-bond donors (Lipinski definition) is 0. The van der Waals surface area contributed by atoms with Gasteiger partial charge in [0.25, 0.3) is 0 Å². The maximum atomic E-state index is 12.8. The number of rotatable bonds is 7. The van der Waals surface area contributed by atoms with Gasteiger partial charge in [-0.3, -0.25) is 4.57 Å². The lowest BCUT2D eigenvalue weighted by molar-refractivity contribution is -0.535. The lowest BCUT2D eigenvalue weighted by Gasteiger charge is -2.25. The Morgan fingerprint density at radius 3 is 2.19 bits per heavy atom. The summed E-state index contributed by atoms with van der Waals surface area (Å²) in [6, 6.07) is 0. The van der Waals surface area contributed by atoms with Crippen molar-refractivity contribution in [2.75, 3.05) is 13.2 Å². The Kier molecular flexibility index (Phi) is 6.04. The molecule has 1 aliphatic heterocycles. The first-order valence-corrected chi connectivity index (χ1v) is 8.20. The van der Waals surface area contributed by atoms with Crippen LogP contribution in [0.4, 0.5) is 0 Å². The van der Waals surface area contributed by atoms with E-state index in [1.165, 1.54) is 44.6 Å². The molecule has 0 aromatic carbocycles. The summed E-state index contributed by atoms with van der Waals surface area (Å²) >= 11 is 0. The molecule has 0 aromatic rings. The summed E-state index contributed by atoms with van der Waals surface area (Å²) in [5.41, 5.74) is 0.518. The molecular weight excluding hydrogens is 295 g/mol. The van der Waals surface area contributed by atoms with E-state index < -0.39 is 12.9 Å². The fourth-order valence-corrected chi connectivity index (χ4v) is 3.30. The fraction of sp³-hybridized carbons (Fsp3) is 0.538. The Labute approximate surface area is 124 Å². The highest BCUT2D eigenvalue weighted by molar-refractivity contribution is 7.55. The summed E-state index contributed by atoms with van der Waals surface area (Å²) in [7, 11) is -3.61. The van der Waals surface area contributed by atoms with Crippen molar-refractivity contribution in [1.29, 1.82) is 0 Å². The summed E-state index contributed by atoms with van der Waals surface area (Å²) < 4.78 is 23.8. The largest absolute Gasteiger partial charge is 0.755 e. The first kappa shape index (κ1) is 17.8. The van der Waals surface area contributed by atoms with Gasteiger partial charge in [0, 0.05) is 29.1 Å². The van der Waals surface area contributed by atoms with Gasteiger partial charge in [-0.05, 0) is 38.4 Å². The first-order valence-electron chi connectivity index (χ1n) is 6.66. The van der Waals surface area contributed by atoms with Gasteiger partial charge in [-0.25, -0.2) is 0 Å². The molecule has 0 amide bonds. The van der Waals surface area contributed by atoms with Gasteiger partial charge in [-0.1, -0.05) is 0 Å². The third-order valence-corrected chi connectivity index (χ3v) is 5.64. The number of hydroxylamine groups is 2. The van der Waals surface area contributed by atoms with Crippen LogP contribution in [0.5, 0.6) is 0 Å². The molecule has 0 aromatic heterocycles. The van der Waals surface area contributed by atoms with Gasteiger partial charge in [0.15, 0.2) is 0 Å². The topological polar surface area (TPSA) is 81.9 Å². The van der Waals surface area contributed by atoms with E-state index in [2.05, 4.69) is 0 Å². The molecule has 0 bridgehead atoms. The number of allylic oxidation sites excluding steroid dienone is 3. The van der Waals surface area contributed by atoms with Crippen LogP contribution in [0.1, 0.15) is 27.7 Å². The molecular formula is C13H21N2O5P. The van der Waals surface area contributed by atoms with Crippen LogP contribution in [0.25, 0.3) is 0 Å². The Bertz CT molecular complexity index is 499. The Morgan fingerprint density at radius 1 is 1.29 bits per heavy atom. The molecule has 1 aliphatic rings. The summed E-state index contributed by atoms with van der Waals surface area (Å²) in [5, 5.41) is 10.2. The molecule has 21 heavy (non-hydrogen) atoms. The normalized spacial score (nSPS) is 15.5. The molecule has 0 atom stereocenters. The number of hydrogen-bond acceptors (Lipinski definition) is 6. The van der Waals surface area contributed by atoms with Crippen LogP contribution in [0.3, 0.4) is 0 Å². The van der Waals surface area contributed by atoms with E-state index >= 15 is 0 Å². The molecule has 0 saturated carbocycles. The van der Waals surface area contributed by atoms with E-state index in [1.54, 1.807) is 13.8 Å². The van der Waals surface area contributed by atoms with Gasteiger partial charge >= 0.3 is 12.9 Å². The molecule has 8 heteroatoms. The first-order chi connectivity index (χ1) is 9.76. The second-order valence-corrected chi connectivity index (χ2v) is 7.38. The van der Waals surface area contributed by atoms with E-state index in [0.717, 1.165) is 0 Å². The Hall–Kier alpha value is -1.27. The SMILES string of the molecule is CCOP(=O)(OCC)C(C)(C)[N+](=O)C=C1C=CN([O-])C=C1. The minimum atomic E-state index is -3.61. The van der Waals surface area contributed by atoms with Crippen LogP contribution < -0.4 is 0 Å². The Balaban J connectivity index is 3.03. The van der Waals surface area contributed by atoms with E-state index in [-0.39, 0.29) is 13.2 Å². The van der Waals surface area contributed by atoms with Gasteiger partial charge < -0.3 is 19.3 Å². The smallest absolute Gasteiger partial charge is 0.405 e. The average molecular weight is 316 g/mol. The highest BCUT2D eigenvalue weighted by Gasteiger charge is 2.55. The Morgan fingerprint density at radius 2 is 1.76 bits per heavy atom. The molecule has 0 fully saturated rings. The molecule has 0 aliphatic carbocycles. The molecule has 1 heterocycles. The van der Waals surface area contributed by atoms with Gasteiger partial charge in [-0.15, -0.1) is 0 Å². The van der Waals surface area contributed by atoms with Gasteiger partial charge in [0.2, 0.25) is 6.20 Å². The summed E-state index contributed by atoms with van der Waals surface area (Å²) in [4.78, 5) is 12.4. The molecule has 1 rings (SSSR count). The average Bonchev–Trinajstić information content (AvgIpc) is 2.41. The lowest BCUT2D eigenvalue weighted by atomic mass is 10.2. The van der Waals surface area contributed by atoms with Crippen LogP contribution in [0, 0.1) is 10.1 Å². The third kappa shape index (κ3) is 4.11. The van der Waals surface area contributed by atoms with E-state index in [9.17, 15) is 14.7 Å². The monoisotopic (exact) mass is 316 g/mol. The van der Waals surface area contributed by atoms with Crippen molar-refractivity contribution in [1.82, 2.24) is 5.06 Å². The maximum Gasteiger partial charge on any atom is 0.405 e. The maximum absolute atomic E-state index is 12.8. The van der Waals surface area contributed by atoms with Crippen LogP contribution in [0.2, 0.25) is 0 Å². The molecule has 0 radical (unpaired) electrons.